The predicted octanol–water partition coefficient (Wildman–Crippen LogP) is 3.22. The molecule has 0 saturated heterocycles. The number of carbonyl (C=O) groups is 1. The van der Waals surface area contributed by atoms with Gasteiger partial charge in [0, 0.05) is 38.1 Å². The second kappa shape index (κ2) is 7.31. The first-order valence-electron chi connectivity index (χ1n) is 8.02. The number of amides is 1. The first-order chi connectivity index (χ1) is 11.6. The van der Waals surface area contributed by atoms with Gasteiger partial charge in [-0.3, -0.25) is 4.79 Å². The molecule has 0 spiro atoms. The summed E-state index contributed by atoms with van der Waals surface area (Å²) in [6.45, 7) is 8.83. The van der Waals surface area contributed by atoms with Gasteiger partial charge >= 0.3 is 0 Å². The van der Waals surface area contributed by atoms with Crippen LogP contribution >= 0.6 is 22.7 Å². The molecule has 0 saturated carbocycles. The molecule has 0 bridgehead atoms. The highest BCUT2D eigenvalue weighted by Gasteiger charge is 2.17. The van der Waals surface area contributed by atoms with Crippen LogP contribution in [0.2, 0.25) is 0 Å². The topological polar surface area (TPSA) is 63.1 Å². The number of aromatic nitrogens is 3. The van der Waals surface area contributed by atoms with Crippen molar-refractivity contribution in [2.24, 2.45) is 0 Å². The maximum Gasteiger partial charge on any atom is 0.261 e. The highest BCUT2D eigenvalue weighted by atomic mass is 32.1. The molecule has 0 aliphatic heterocycles. The molecule has 1 amide bonds. The van der Waals surface area contributed by atoms with Crippen molar-refractivity contribution in [2.45, 2.75) is 33.4 Å². The smallest absolute Gasteiger partial charge is 0.261 e. The Morgan fingerprint density at radius 2 is 2.17 bits per heavy atom. The second-order valence-corrected chi connectivity index (χ2v) is 7.62. The number of carbonyl (C=O) groups excluding carboxylic acids is 1. The lowest BCUT2D eigenvalue weighted by Gasteiger charge is -2.16. The van der Waals surface area contributed by atoms with Crippen LogP contribution < -0.4 is 10.2 Å². The number of anilines is 1. The van der Waals surface area contributed by atoms with Crippen molar-refractivity contribution in [3.05, 3.63) is 29.7 Å². The average Bonchev–Trinajstić information content (AvgIpc) is 3.24. The van der Waals surface area contributed by atoms with E-state index in [1.54, 1.807) is 23.9 Å². The van der Waals surface area contributed by atoms with Crippen LogP contribution in [0.3, 0.4) is 0 Å². The predicted molar refractivity (Wildman–Crippen MR) is 100 cm³/mol. The molecule has 3 aromatic heterocycles. The molecule has 24 heavy (non-hydrogen) atoms. The van der Waals surface area contributed by atoms with Crippen LogP contribution in [0.25, 0.3) is 9.53 Å². The SMILES string of the molecule is CCN(CC)c1nc2sc(C(=O)NC(C)Cn3ccnc3)cc2s1. The number of nitrogens with one attached hydrogen (secondary N) is 1. The highest BCUT2D eigenvalue weighted by molar-refractivity contribution is 7.29. The van der Waals surface area contributed by atoms with Crippen molar-refractivity contribution in [3.8, 4) is 0 Å². The Bertz CT molecular complexity index is 772. The Balaban J connectivity index is 1.67. The Kier molecular flexibility index (Phi) is 5.15. The summed E-state index contributed by atoms with van der Waals surface area (Å²) in [5, 5.41) is 4.06. The van der Waals surface area contributed by atoms with Gasteiger partial charge < -0.3 is 14.8 Å². The van der Waals surface area contributed by atoms with E-state index in [0.29, 0.717) is 11.4 Å². The number of thiazole rings is 1. The summed E-state index contributed by atoms with van der Waals surface area (Å²) in [6.07, 6.45) is 5.38. The Morgan fingerprint density at radius 3 is 2.79 bits per heavy atom. The van der Waals surface area contributed by atoms with Crippen LogP contribution in [0.1, 0.15) is 30.4 Å². The van der Waals surface area contributed by atoms with Crippen molar-refractivity contribution < 1.29 is 4.79 Å². The maximum atomic E-state index is 12.4. The van der Waals surface area contributed by atoms with Gasteiger partial charge in [0.05, 0.1) is 15.9 Å². The van der Waals surface area contributed by atoms with E-state index in [1.807, 2.05) is 23.8 Å². The van der Waals surface area contributed by atoms with E-state index in [0.717, 1.165) is 27.8 Å². The van der Waals surface area contributed by atoms with Gasteiger partial charge in [0.15, 0.2) is 5.13 Å². The van der Waals surface area contributed by atoms with E-state index in [9.17, 15) is 4.79 Å². The van der Waals surface area contributed by atoms with Gasteiger partial charge in [-0.15, -0.1) is 11.3 Å². The van der Waals surface area contributed by atoms with E-state index in [2.05, 4.69) is 34.0 Å². The van der Waals surface area contributed by atoms with Crippen LogP contribution in [0, 0.1) is 0 Å². The minimum Gasteiger partial charge on any atom is -0.349 e. The first-order valence-corrected chi connectivity index (χ1v) is 9.66. The van der Waals surface area contributed by atoms with Crippen molar-refractivity contribution in [1.82, 2.24) is 19.9 Å². The number of fused-ring (bicyclic) bond motifs is 1. The number of imidazole rings is 1. The number of thiophene rings is 1. The van der Waals surface area contributed by atoms with Gasteiger partial charge in [-0.1, -0.05) is 11.3 Å². The van der Waals surface area contributed by atoms with Crippen LogP contribution in [-0.4, -0.2) is 39.6 Å². The highest BCUT2D eigenvalue weighted by Crippen LogP contribution is 2.34. The molecule has 3 heterocycles. The summed E-state index contributed by atoms with van der Waals surface area (Å²) < 4.78 is 3.03. The van der Waals surface area contributed by atoms with Gasteiger partial charge in [-0.2, -0.15) is 0 Å². The molecule has 0 fully saturated rings. The minimum absolute atomic E-state index is 0.0334. The zero-order chi connectivity index (χ0) is 17.1. The molecule has 0 aliphatic carbocycles. The summed E-state index contributed by atoms with van der Waals surface area (Å²) in [7, 11) is 0. The summed E-state index contributed by atoms with van der Waals surface area (Å²) in [5.74, 6) is -0.0396. The van der Waals surface area contributed by atoms with Crippen molar-refractivity contribution in [1.29, 1.82) is 0 Å². The molecular weight excluding hydrogens is 342 g/mol. The molecule has 6 nitrogen and oxygen atoms in total. The van der Waals surface area contributed by atoms with Gasteiger partial charge in [-0.05, 0) is 26.8 Å². The van der Waals surface area contributed by atoms with Crippen LogP contribution in [0.15, 0.2) is 24.8 Å². The molecule has 0 radical (unpaired) electrons. The molecule has 3 rings (SSSR count). The quantitative estimate of drug-likeness (QED) is 0.700. The fourth-order valence-corrected chi connectivity index (χ4v) is 4.76. The molecule has 1 atom stereocenters. The van der Waals surface area contributed by atoms with Gasteiger partial charge in [0.1, 0.15) is 4.83 Å². The number of hydrogen-bond donors (Lipinski definition) is 1. The summed E-state index contributed by atoms with van der Waals surface area (Å²) in [4.78, 5) is 25.0. The molecule has 0 aromatic carbocycles. The van der Waals surface area contributed by atoms with Crippen LogP contribution in [0.5, 0.6) is 0 Å². The molecular formula is C16H21N5OS2. The lowest BCUT2D eigenvalue weighted by molar-refractivity contribution is 0.0941. The third-order valence-electron chi connectivity index (χ3n) is 3.76. The number of rotatable bonds is 7. The van der Waals surface area contributed by atoms with E-state index in [4.69, 9.17) is 0 Å². The first kappa shape index (κ1) is 16.9. The molecule has 3 aromatic rings. The fourth-order valence-electron chi connectivity index (χ4n) is 2.52. The van der Waals surface area contributed by atoms with E-state index < -0.39 is 0 Å². The lowest BCUT2D eigenvalue weighted by atomic mass is 10.3. The van der Waals surface area contributed by atoms with Crippen LogP contribution in [-0.2, 0) is 6.54 Å². The second-order valence-electron chi connectivity index (χ2n) is 5.58. The van der Waals surface area contributed by atoms with E-state index in [1.165, 1.54) is 11.3 Å². The third kappa shape index (κ3) is 3.59. The molecule has 128 valence electrons. The van der Waals surface area contributed by atoms with Gasteiger partial charge in [0.2, 0.25) is 0 Å². The summed E-state index contributed by atoms with van der Waals surface area (Å²) in [6, 6.07) is 1.98. The average molecular weight is 364 g/mol. The van der Waals surface area contributed by atoms with E-state index >= 15 is 0 Å². The van der Waals surface area contributed by atoms with E-state index in [-0.39, 0.29) is 11.9 Å². The monoisotopic (exact) mass is 363 g/mol. The summed E-state index contributed by atoms with van der Waals surface area (Å²) >= 11 is 3.10. The zero-order valence-electron chi connectivity index (χ0n) is 14.0. The maximum absolute atomic E-state index is 12.4. The zero-order valence-corrected chi connectivity index (χ0v) is 15.7. The Labute approximate surface area is 149 Å². The van der Waals surface area contributed by atoms with Crippen LogP contribution in [0.4, 0.5) is 5.13 Å². The molecule has 8 heteroatoms. The van der Waals surface area contributed by atoms with Crippen molar-refractivity contribution in [2.75, 3.05) is 18.0 Å². The van der Waals surface area contributed by atoms with Gasteiger partial charge in [-0.25, -0.2) is 9.97 Å². The Morgan fingerprint density at radius 1 is 1.38 bits per heavy atom. The standard InChI is InChI=1S/C16H21N5OS2/c1-4-21(5-2)16-19-15-13(24-16)8-12(23-15)14(22)18-11(3)9-20-7-6-17-10-20/h6-8,10-11H,4-5,9H2,1-3H3,(H,18,22). The molecule has 1 unspecified atom stereocenters. The number of nitrogens with zero attached hydrogens (tertiary/aromatic N) is 4. The normalized spacial score (nSPS) is 12.5. The van der Waals surface area contributed by atoms with Crippen molar-refractivity contribution in [3.63, 3.8) is 0 Å². The minimum atomic E-state index is -0.0396. The number of hydrogen-bond acceptors (Lipinski definition) is 6. The third-order valence-corrected chi connectivity index (χ3v) is 5.98. The molecule has 0 aliphatic rings. The summed E-state index contributed by atoms with van der Waals surface area (Å²) in [5.41, 5.74) is 0. The molecule has 1 N–H and O–H groups in total. The fraction of sp³-hybridized carbons (Fsp3) is 0.438. The largest absolute Gasteiger partial charge is 0.349 e. The van der Waals surface area contributed by atoms with Crippen molar-refractivity contribution >= 4 is 43.2 Å². The van der Waals surface area contributed by atoms with Gasteiger partial charge in [0.25, 0.3) is 5.91 Å². The Hall–Kier alpha value is -1.93. The lowest BCUT2D eigenvalue weighted by Crippen LogP contribution is -2.35.